The normalized spacial score (nSPS) is 14.3. The number of hydrogen-bond acceptors (Lipinski definition) is 7. The topological polar surface area (TPSA) is 118 Å². The fourth-order valence-electron chi connectivity index (χ4n) is 4.42. The van der Waals surface area contributed by atoms with E-state index >= 15 is 0 Å². The summed E-state index contributed by atoms with van der Waals surface area (Å²) in [6.45, 7) is 1.87. The molecule has 2 aromatic heterocycles. The minimum absolute atomic E-state index is 0.00410. The van der Waals surface area contributed by atoms with Crippen molar-refractivity contribution in [3.05, 3.63) is 60.7 Å². The molecule has 0 unspecified atom stereocenters. The molecule has 4 aromatic rings. The smallest absolute Gasteiger partial charge is 0.420 e. The first kappa shape index (κ1) is 26.2. The van der Waals surface area contributed by atoms with Crippen LogP contribution in [0.3, 0.4) is 0 Å². The number of rotatable bonds is 7. The lowest BCUT2D eigenvalue weighted by Crippen LogP contribution is -2.30. The first-order chi connectivity index (χ1) is 18.8. The highest BCUT2D eigenvalue weighted by molar-refractivity contribution is 6.00. The Kier molecular flexibility index (Phi) is 7.50. The molecule has 0 aliphatic carbocycles. The van der Waals surface area contributed by atoms with Gasteiger partial charge in [-0.05, 0) is 74.3 Å². The number of ether oxygens (including phenoxy) is 1. The maximum Gasteiger partial charge on any atom is 0.420 e. The molecule has 0 atom stereocenters. The predicted molar refractivity (Wildman–Crippen MR) is 141 cm³/mol. The highest BCUT2D eigenvalue weighted by atomic mass is 19.4. The number of imidazole rings is 1. The van der Waals surface area contributed by atoms with Crippen molar-refractivity contribution in [2.24, 2.45) is 5.92 Å². The summed E-state index contributed by atoms with van der Waals surface area (Å²) in [7, 11) is 1.74. The number of halogens is 3. The molecule has 0 saturated carbocycles. The Bertz CT molecular complexity index is 1450. The van der Waals surface area contributed by atoms with Gasteiger partial charge in [0.2, 0.25) is 0 Å². The van der Waals surface area contributed by atoms with Crippen molar-refractivity contribution in [1.82, 2.24) is 24.8 Å². The first-order valence-electron chi connectivity index (χ1n) is 12.4. The Labute approximate surface area is 222 Å². The standard InChI is InChI=1S/C26H27F3N8O2/c1-30-23-22-24(33-14-32-23)37(15-34-22)19-5-2-17(3-6-19)35-25(38)36-18-4-7-21(20(12-18)26(27,28)29)39-13-16-8-10-31-11-9-16/h2-7,12,14-16,31H,8-11,13H2,1H3,(H,30,32,33)(H2,35,36,38). The monoisotopic (exact) mass is 540 g/mol. The summed E-state index contributed by atoms with van der Waals surface area (Å²) in [6.07, 6.45) is 0.125. The van der Waals surface area contributed by atoms with Crippen LogP contribution in [0.2, 0.25) is 0 Å². The third-order valence-corrected chi connectivity index (χ3v) is 6.45. The van der Waals surface area contributed by atoms with E-state index in [0.717, 1.165) is 37.7 Å². The molecule has 0 bridgehead atoms. The van der Waals surface area contributed by atoms with Crippen molar-refractivity contribution in [2.75, 3.05) is 42.7 Å². The minimum Gasteiger partial charge on any atom is -0.493 e. The van der Waals surface area contributed by atoms with E-state index in [4.69, 9.17) is 4.74 Å². The van der Waals surface area contributed by atoms with Crippen molar-refractivity contribution in [2.45, 2.75) is 19.0 Å². The molecule has 2 amide bonds. The predicted octanol–water partition coefficient (Wildman–Crippen LogP) is 4.90. The van der Waals surface area contributed by atoms with Crippen molar-refractivity contribution < 1.29 is 22.7 Å². The third-order valence-electron chi connectivity index (χ3n) is 6.45. The summed E-state index contributed by atoms with van der Waals surface area (Å²) in [4.78, 5) is 25.3. The second kappa shape index (κ2) is 11.2. The maximum atomic E-state index is 13.7. The molecule has 1 aliphatic rings. The largest absolute Gasteiger partial charge is 0.493 e. The summed E-state index contributed by atoms with van der Waals surface area (Å²) in [5, 5.41) is 11.3. The van der Waals surface area contributed by atoms with Crippen LogP contribution in [0.1, 0.15) is 18.4 Å². The molecule has 1 saturated heterocycles. The number of anilines is 3. The third kappa shape index (κ3) is 6.03. The van der Waals surface area contributed by atoms with Crippen LogP contribution < -0.4 is 26.0 Å². The Morgan fingerprint density at radius 2 is 1.77 bits per heavy atom. The fourth-order valence-corrected chi connectivity index (χ4v) is 4.42. The Morgan fingerprint density at radius 3 is 2.49 bits per heavy atom. The lowest BCUT2D eigenvalue weighted by Gasteiger charge is -2.23. The number of amides is 2. The molecule has 1 fully saturated rings. The van der Waals surface area contributed by atoms with Crippen LogP contribution in [-0.4, -0.2) is 52.3 Å². The first-order valence-corrected chi connectivity index (χ1v) is 12.4. The number of urea groups is 1. The van der Waals surface area contributed by atoms with Gasteiger partial charge < -0.3 is 26.0 Å². The molecule has 0 spiro atoms. The van der Waals surface area contributed by atoms with E-state index < -0.39 is 17.8 Å². The Morgan fingerprint density at radius 1 is 1.05 bits per heavy atom. The molecule has 39 heavy (non-hydrogen) atoms. The van der Waals surface area contributed by atoms with Gasteiger partial charge in [-0.15, -0.1) is 0 Å². The molecular formula is C26H27F3N8O2. The van der Waals surface area contributed by atoms with Gasteiger partial charge in [-0.3, -0.25) is 4.57 Å². The van der Waals surface area contributed by atoms with Gasteiger partial charge in [-0.2, -0.15) is 13.2 Å². The Balaban J connectivity index is 1.24. The van der Waals surface area contributed by atoms with Crippen molar-refractivity contribution >= 4 is 34.4 Å². The quantitative estimate of drug-likeness (QED) is 0.263. The van der Waals surface area contributed by atoms with Crippen LogP contribution in [0, 0.1) is 5.92 Å². The molecule has 4 N–H and O–H groups in total. The number of fused-ring (bicyclic) bond motifs is 1. The number of carbonyl (C=O) groups is 1. The molecular weight excluding hydrogens is 513 g/mol. The van der Waals surface area contributed by atoms with Gasteiger partial charge >= 0.3 is 12.2 Å². The maximum absolute atomic E-state index is 13.7. The van der Waals surface area contributed by atoms with Crippen LogP contribution in [0.4, 0.5) is 35.2 Å². The number of alkyl halides is 3. The van der Waals surface area contributed by atoms with Gasteiger partial charge in [0.1, 0.15) is 18.4 Å². The zero-order chi connectivity index (χ0) is 27.4. The molecule has 2 aromatic carbocycles. The van der Waals surface area contributed by atoms with Crippen molar-refractivity contribution in [3.63, 3.8) is 0 Å². The second-order valence-corrected chi connectivity index (χ2v) is 9.10. The number of hydrogen-bond donors (Lipinski definition) is 4. The van der Waals surface area contributed by atoms with E-state index in [9.17, 15) is 18.0 Å². The van der Waals surface area contributed by atoms with E-state index in [1.165, 1.54) is 18.5 Å². The summed E-state index contributed by atoms with van der Waals surface area (Å²) in [6, 6.07) is 9.68. The second-order valence-electron chi connectivity index (χ2n) is 9.10. The van der Waals surface area contributed by atoms with Crippen molar-refractivity contribution in [1.29, 1.82) is 0 Å². The van der Waals surface area contributed by atoms with Crippen LogP contribution >= 0.6 is 0 Å². The van der Waals surface area contributed by atoms with Gasteiger partial charge in [0.15, 0.2) is 17.0 Å². The molecule has 13 heteroatoms. The molecule has 0 radical (unpaired) electrons. The van der Waals surface area contributed by atoms with E-state index in [1.807, 2.05) is 0 Å². The fraction of sp³-hybridized carbons (Fsp3) is 0.308. The number of nitrogens with one attached hydrogen (secondary N) is 4. The van der Waals surface area contributed by atoms with Crippen molar-refractivity contribution in [3.8, 4) is 11.4 Å². The van der Waals surface area contributed by atoms with E-state index in [-0.39, 0.29) is 24.0 Å². The number of aromatic nitrogens is 4. The zero-order valence-electron chi connectivity index (χ0n) is 21.0. The Hall–Kier alpha value is -4.39. The molecule has 3 heterocycles. The lowest BCUT2D eigenvalue weighted by molar-refractivity contribution is -0.139. The van der Waals surface area contributed by atoms with Crippen LogP contribution in [0.15, 0.2) is 55.1 Å². The van der Waals surface area contributed by atoms with Crippen LogP contribution in [0.25, 0.3) is 16.9 Å². The van der Waals surface area contributed by atoms with Gasteiger partial charge in [0.25, 0.3) is 0 Å². The van der Waals surface area contributed by atoms with E-state index in [2.05, 4.69) is 36.2 Å². The highest BCUT2D eigenvalue weighted by Crippen LogP contribution is 2.38. The van der Waals surface area contributed by atoms with Gasteiger partial charge in [0.05, 0.1) is 12.2 Å². The molecule has 5 rings (SSSR count). The van der Waals surface area contributed by atoms with Gasteiger partial charge in [0, 0.05) is 24.1 Å². The SMILES string of the molecule is CNc1ncnc2c1ncn2-c1ccc(NC(=O)Nc2ccc(OCC3CCNCC3)c(C(F)(F)F)c2)cc1. The lowest BCUT2D eigenvalue weighted by atomic mass is 9.99. The summed E-state index contributed by atoms with van der Waals surface area (Å²) < 4.78 is 48.5. The van der Waals surface area contributed by atoms with Gasteiger partial charge in [-0.25, -0.2) is 19.7 Å². The highest BCUT2D eigenvalue weighted by Gasteiger charge is 2.35. The number of carbonyl (C=O) groups excluding carboxylic acids is 1. The van der Waals surface area contributed by atoms with Crippen LogP contribution in [0.5, 0.6) is 5.75 Å². The van der Waals surface area contributed by atoms with E-state index in [0.29, 0.717) is 22.7 Å². The van der Waals surface area contributed by atoms with E-state index in [1.54, 1.807) is 42.2 Å². The summed E-state index contributed by atoms with van der Waals surface area (Å²) in [5.41, 5.74) is 1.48. The van der Waals surface area contributed by atoms with Gasteiger partial charge in [-0.1, -0.05) is 0 Å². The average molecular weight is 541 g/mol. The summed E-state index contributed by atoms with van der Waals surface area (Å²) >= 11 is 0. The molecule has 10 nitrogen and oxygen atoms in total. The number of piperidine rings is 1. The summed E-state index contributed by atoms with van der Waals surface area (Å²) in [5.74, 6) is 0.555. The number of benzene rings is 2. The molecule has 204 valence electrons. The number of nitrogens with zero attached hydrogens (tertiary/aromatic N) is 4. The average Bonchev–Trinajstić information content (AvgIpc) is 3.37. The van der Waals surface area contributed by atoms with Crippen LogP contribution in [-0.2, 0) is 6.18 Å². The molecule has 1 aliphatic heterocycles. The minimum atomic E-state index is -4.64. The zero-order valence-corrected chi connectivity index (χ0v) is 21.0.